The van der Waals surface area contributed by atoms with Crippen LogP contribution in [0.5, 0.6) is 0 Å². The predicted molar refractivity (Wildman–Crippen MR) is 103 cm³/mol. The average molecular weight is 351 g/mol. The first-order valence-electron chi connectivity index (χ1n) is 8.08. The molecule has 0 bridgehead atoms. The van der Waals surface area contributed by atoms with Crippen molar-refractivity contribution in [2.45, 2.75) is 25.7 Å². The lowest BCUT2D eigenvalue weighted by Crippen LogP contribution is -2.11. The first-order chi connectivity index (χ1) is 11.8. The number of hydrogen-bond donors (Lipinski definition) is 1. The summed E-state index contributed by atoms with van der Waals surface area (Å²) >= 11 is 0. The maximum atomic E-state index is 11.5. The Balaban J connectivity index is 2.14. The molecule has 0 aliphatic heterocycles. The summed E-state index contributed by atoms with van der Waals surface area (Å²) in [5, 5.41) is 5.19. The van der Waals surface area contributed by atoms with Crippen molar-refractivity contribution < 1.29 is 8.42 Å². The van der Waals surface area contributed by atoms with Gasteiger partial charge in [-0.3, -0.25) is 0 Å². The van der Waals surface area contributed by atoms with E-state index in [9.17, 15) is 8.42 Å². The molecule has 0 radical (unpaired) electrons. The molecule has 0 atom stereocenters. The van der Waals surface area contributed by atoms with Crippen molar-refractivity contribution in [2.75, 3.05) is 0 Å². The van der Waals surface area contributed by atoms with Gasteiger partial charge in [-0.15, -0.1) is 0 Å². The molecule has 0 aliphatic rings. The second kappa shape index (κ2) is 6.47. The standard InChI is InChI=1S/C21H21NO2S/c1-14-12-18(13-15(2)16(14)3)21-7-5-4-6-20(21)17-8-10-19(11-9-17)25(22,23)24/h4-13H,1-3H3,(H2,22,23,24). The van der Waals surface area contributed by atoms with E-state index < -0.39 is 10.0 Å². The Morgan fingerprint density at radius 3 is 1.68 bits per heavy atom. The lowest BCUT2D eigenvalue weighted by Gasteiger charge is -2.14. The number of aryl methyl sites for hydroxylation is 2. The van der Waals surface area contributed by atoms with Crippen LogP contribution in [0.2, 0.25) is 0 Å². The molecule has 0 saturated heterocycles. The Morgan fingerprint density at radius 2 is 1.20 bits per heavy atom. The molecule has 0 spiro atoms. The van der Waals surface area contributed by atoms with E-state index in [1.54, 1.807) is 24.3 Å². The average Bonchev–Trinajstić information content (AvgIpc) is 2.58. The second-order valence-electron chi connectivity index (χ2n) is 6.35. The van der Waals surface area contributed by atoms with Gasteiger partial charge in [-0.25, -0.2) is 13.6 Å². The lowest BCUT2D eigenvalue weighted by atomic mass is 9.91. The predicted octanol–water partition coefficient (Wildman–Crippen LogP) is 4.59. The third-order valence-corrected chi connectivity index (χ3v) is 5.59. The quantitative estimate of drug-likeness (QED) is 0.750. The molecule has 3 nitrogen and oxygen atoms in total. The van der Waals surface area contributed by atoms with Gasteiger partial charge in [-0.1, -0.05) is 48.5 Å². The summed E-state index contributed by atoms with van der Waals surface area (Å²) < 4.78 is 22.9. The second-order valence-corrected chi connectivity index (χ2v) is 7.91. The highest BCUT2D eigenvalue weighted by atomic mass is 32.2. The van der Waals surface area contributed by atoms with Gasteiger partial charge in [0.15, 0.2) is 0 Å². The Hall–Kier alpha value is -2.43. The fourth-order valence-corrected chi connectivity index (χ4v) is 3.52. The van der Waals surface area contributed by atoms with Gasteiger partial charge in [0.2, 0.25) is 10.0 Å². The van der Waals surface area contributed by atoms with Gasteiger partial charge in [-0.05, 0) is 71.8 Å². The molecular weight excluding hydrogens is 330 g/mol. The molecule has 0 amide bonds. The van der Waals surface area contributed by atoms with E-state index >= 15 is 0 Å². The highest BCUT2D eigenvalue weighted by molar-refractivity contribution is 7.89. The summed E-state index contributed by atoms with van der Waals surface area (Å²) in [6.45, 7) is 6.37. The molecule has 0 aliphatic carbocycles. The number of primary sulfonamides is 1. The molecule has 0 saturated carbocycles. The Morgan fingerprint density at radius 1 is 0.720 bits per heavy atom. The van der Waals surface area contributed by atoms with Crippen LogP contribution in [0.4, 0.5) is 0 Å². The van der Waals surface area contributed by atoms with Gasteiger partial charge in [0.1, 0.15) is 0 Å². The molecule has 3 rings (SSSR count). The summed E-state index contributed by atoms with van der Waals surface area (Å²) in [6, 6.07) is 19.2. The van der Waals surface area contributed by atoms with E-state index in [0.717, 1.165) is 22.3 Å². The Kier molecular flexibility index (Phi) is 4.50. The van der Waals surface area contributed by atoms with Crippen LogP contribution in [0.25, 0.3) is 22.3 Å². The van der Waals surface area contributed by atoms with Crippen molar-refractivity contribution in [2.24, 2.45) is 5.14 Å². The van der Waals surface area contributed by atoms with Crippen molar-refractivity contribution in [3.8, 4) is 22.3 Å². The van der Waals surface area contributed by atoms with Crippen molar-refractivity contribution in [3.05, 3.63) is 77.4 Å². The van der Waals surface area contributed by atoms with E-state index in [0.29, 0.717) is 0 Å². The van der Waals surface area contributed by atoms with Gasteiger partial charge < -0.3 is 0 Å². The van der Waals surface area contributed by atoms with Crippen LogP contribution >= 0.6 is 0 Å². The SMILES string of the molecule is Cc1cc(-c2ccccc2-c2ccc(S(N)(=O)=O)cc2)cc(C)c1C. The molecule has 3 aromatic rings. The fourth-order valence-electron chi connectivity index (χ4n) is 3.00. The maximum Gasteiger partial charge on any atom is 0.238 e. The monoisotopic (exact) mass is 351 g/mol. The zero-order valence-corrected chi connectivity index (χ0v) is 15.4. The van der Waals surface area contributed by atoms with Gasteiger partial charge >= 0.3 is 0 Å². The molecule has 4 heteroatoms. The van der Waals surface area contributed by atoms with Crippen LogP contribution in [-0.4, -0.2) is 8.42 Å². The third kappa shape index (κ3) is 3.50. The zero-order valence-electron chi connectivity index (χ0n) is 14.6. The van der Waals surface area contributed by atoms with Crippen LogP contribution in [-0.2, 0) is 10.0 Å². The number of rotatable bonds is 3. The molecule has 2 N–H and O–H groups in total. The summed E-state index contributed by atoms with van der Waals surface area (Å²) in [6.07, 6.45) is 0. The summed E-state index contributed by atoms with van der Waals surface area (Å²) in [5.74, 6) is 0. The summed E-state index contributed by atoms with van der Waals surface area (Å²) in [4.78, 5) is 0.121. The maximum absolute atomic E-state index is 11.5. The van der Waals surface area contributed by atoms with E-state index in [1.807, 2.05) is 18.2 Å². The highest BCUT2D eigenvalue weighted by Gasteiger charge is 2.11. The van der Waals surface area contributed by atoms with Gasteiger partial charge in [0.05, 0.1) is 4.90 Å². The smallest absolute Gasteiger partial charge is 0.225 e. The number of hydrogen-bond acceptors (Lipinski definition) is 2. The van der Waals surface area contributed by atoms with Crippen LogP contribution in [0, 0.1) is 20.8 Å². The van der Waals surface area contributed by atoms with Gasteiger partial charge in [0, 0.05) is 0 Å². The number of benzene rings is 3. The molecule has 0 heterocycles. The first-order valence-corrected chi connectivity index (χ1v) is 9.62. The van der Waals surface area contributed by atoms with E-state index in [1.165, 1.54) is 16.7 Å². The topological polar surface area (TPSA) is 60.2 Å². The molecule has 3 aromatic carbocycles. The van der Waals surface area contributed by atoms with Crippen molar-refractivity contribution >= 4 is 10.0 Å². The minimum atomic E-state index is -3.68. The van der Waals surface area contributed by atoms with Crippen LogP contribution in [0.15, 0.2) is 65.6 Å². The van der Waals surface area contributed by atoms with Crippen molar-refractivity contribution in [1.29, 1.82) is 0 Å². The molecule has 0 fully saturated rings. The molecule has 128 valence electrons. The lowest BCUT2D eigenvalue weighted by molar-refractivity contribution is 0.598. The van der Waals surface area contributed by atoms with Crippen LogP contribution in [0.3, 0.4) is 0 Å². The number of nitrogens with two attached hydrogens (primary N) is 1. The van der Waals surface area contributed by atoms with E-state index in [2.05, 4.69) is 39.0 Å². The molecule has 25 heavy (non-hydrogen) atoms. The molecule has 0 unspecified atom stereocenters. The third-order valence-electron chi connectivity index (χ3n) is 4.66. The molecule has 0 aromatic heterocycles. The minimum Gasteiger partial charge on any atom is -0.225 e. The van der Waals surface area contributed by atoms with E-state index in [-0.39, 0.29) is 4.90 Å². The highest BCUT2D eigenvalue weighted by Crippen LogP contribution is 2.34. The van der Waals surface area contributed by atoms with Crippen LogP contribution in [0.1, 0.15) is 16.7 Å². The van der Waals surface area contributed by atoms with Gasteiger partial charge in [0.25, 0.3) is 0 Å². The van der Waals surface area contributed by atoms with Crippen molar-refractivity contribution in [1.82, 2.24) is 0 Å². The summed E-state index contributed by atoms with van der Waals surface area (Å²) in [5.41, 5.74) is 8.12. The largest absolute Gasteiger partial charge is 0.238 e. The Bertz CT molecular complexity index is 1010. The number of sulfonamides is 1. The Labute approximate surface area is 149 Å². The van der Waals surface area contributed by atoms with E-state index in [4.69, 9.17) is 5.14 Å². The van der Waals surface area contributed by atoms with Crippen molar-refractivity contribution in [3.63, 3.8) is 0 Å². The normalized spacial score (nSPS) is 11.5. The fraction of sp³-hybridized carbons (Fsp3) is 0.143. The summed E-state index contributed by atoms with van der Waals surface area (Å²) in [7, 11) is -3.68. The van der Waals surface area contributed by atoms with Crippen LogP contribution < -0.4 is 5.14 Å². The zero-order chi connectivity index (χ0) is 18.2. The minimum absolute atomic E-state index is 0.121. The first kappa shape index (κ1) is 17.4. The molecular formula is C21H21NO2S. The van der Waals surface area contributed by atoms with Gasteiger partial charge in [-0.2, -0.15) is 0 Å².